The number of alkyl halides is 3. The number of likely N-dealkylation sites (N-methyl/N-ethyl adjacent to an activating group) is 1. The van der Waals surface area contributed by atoms with Gasteiger partial charge in [-0.25, -0.2) is 0 Å². The lowest BCUT2D eigenvalue weighted by Gasteiger charge is -2.12. The van der Waals surface area contributed by atoms with Gasteiger partial charge in [-0.3, -0.25) is 10.2 Å². The highest BCUT2D eigenvalue weighted by Gasteiger charge is 2.42. The maximum atomic E-state index is 11.8. The quantitative estimate of drug-likeness (QED) is 0.547. The van der Waals surface area contributed by atoms with Gasteiger partial charge < -0.3 is 0 Å². The normalized spacial score (nSPS) is 29.4. The zero-order chi connectivity index (χ0) is 7.78. The Hall–Kier alpha value is -0.290. The molecule has 0 aromatic rings. The zero-order valence-electron chi connectivity index (χ0n) is 5.44. The summed E-state index contributed by atoms with van der Waals surface area (Å²) in [6.45, 7) is 1.39. The van der Waals surface area contributed by atoms with Crippen LogP contribution in [0.25, 0.3) is 0 Å². The smallest absolute Gasteiger partial charge is 0.292 e. The molecule has 59 valence electrons. The van der Waals surface area contributed by atoms with Crippen molar-refractivity contribution in [3.05, 3.63) is 6.54 Å². The van der Waals surface area contributed by atoms with Crippen LogP contribution in [0.2, 0.25) is 0 Å². The first-order valence-electron chi connectivity index (χ1n) is 2.85. The summed E-state index contributed by atoms with van der Waals surface area (Å²) in [5, 5.41) is 2.29. The van der Waals surface area contributed by atoms with Crippen LogP contribution in [0.15, 0.2) is 0 Å². The van der Waals surface area contributed by atoms with E-state index in [1.54, 1.807) is 7.05 Å². The SMILES string of the molecule is CN1[CH]C(C(F)(F)F)NC1. The molecular weight excluding hydrogens is 145 g/mol. The molecule has 1 aliphatic rings. The third kappa shape index (κ3) is 1.60. The van der Waals surface area contributed by atoms with Crippen LogP contribution in [0.4, 0.5) is 13.2 Å². The number of rotatable bonds is 0. The van der Waals surface area contributed by atoms with E-state index in [0.29, 0.717) is 0 Å². The third-order valence-electron chi connectivity index (χ3n) is 1.32. The summed E-state index contributed by atoms with van der Waals surface area (Å²) in [6.07, 6.45) is -4.15. The lowest BCUT2D eigenvalue weighted by Crippen LogP contribution is -2.37. The Labute approximate surface area is 57.0 Å². The Morgan fingerprint density at radius 1 is 1.60 bits per heavy atom. The van der Waals surface area contributed by atoms with Gasteiger partial charge in [-0.1, -0.05) is 0 Å². The van der Waals surface area contributed by atoms with Gasteiger partial charge in [-0.15, -0.1) is 0 Å². The highest BCUT2D eigenvalue weighted by molar-refractivity contribution is 4.92. The summed E-state index contributed by atoms with van der Waals surface area (Å²) in [4.78, 5) is 1.47. The number of nitrogens with one attached hydrogen (secondary N) is 1. The Balaban J connectivity index is 2.45. The van der Waals surface area contributed by atoms with Crippen LogP contribution in [0.3, 0.4) is 0 Å². The third-order valence-corrected chi connectivity index (χ3v) is 1.32. The first-order chi connectivity index (χ1) is 4.50. The van der Waals surface area contributed by atoms with Crippen LogP contribution in [0, 0.1) is 6.54 Å². The molecule has 0 aromatic carbocycles. The minimum Gasteiger partial charge on any atom is -0.292 e. The van der Waals surface area contributed by atoms with E-state index in [0.717, 1.165) is 6.54 Å². The lowest BCUT2D eigenvalue weighted by atomic mass is 10.3. The topological polar surface area (TPSA) is 15.3 Å². The van der Waals surface area contributed by atoms with E-state index in [1.165, 1.54) is 4.90 Å². The molecule has 1 unspecified atom stereocenters. The number of hydrogen-bond donors (Lipinski definition) is 1. The monoisotopic (exact) mass is 153 g/mol. The summed E-state index contributed by atoms with van der Waals surface area (Å²) in [5.41, 5.74) is 0. The summed E-state index contributed by atoms with van der Waals surface area (Å²) in [7, 11) is 1.60. The molecule has 1 aliphatic heterocycles. The Bertz CT molecular complexity index is 123. The fourth-order valence-corrected chi connectivity index (χ4v) is 0.802. The predicted octanol–water partition coefficient (Wildman–Crippen LogP) is 0.572. The van der Waals surface area contributed by atoms with Crippen LogP contribution in [0.5, 0.6) is 0 Å². The highest BCUT2D eigenvalue weighted by atomic mass is 19.4. The molecule has 0 aromatic heterocycles. The summed E-state index contributed by atoms with van der Waals surface area (Å²) >= 11 is 0. The van der Waals surface area contributed by atoms with E-state index < -0.39 is 12.2 Å². The van der Waals surface area contributed by atoms with Gasteiger partial charge in [0.1, 0.15) is 6.04 Å². The van der Waals surface area contributed by atoms with Gasteiger partial charge >= 0.3 is 6.18 Å². The second-order valence-corrected chi connectivity index (χ2v) is 2.29. The van der Waals surface area contributed by atoms with Gasteiger partial charge in [0.25, 0.3) is 0 Å². The van der Waals surface area contributed by atoms with Gasteiger partial charge in [0.2, 0.25) is 0 Å². The molecule has 0 saturated carbocycles. The van der Waals surface area contributed by atoms with Crippen molar-refractivity contribution in [2.75, 3.05) is 13.7 Å². The van der Waals surface area contributed by atoms with Crippen molar-refractivity contribution in [2.45, 2.75) is 12.2 Å². The molecule has 0 amide bonds. The minimum atomic E-state index is -4.15. The molecular formula is C5H8F3N2. The first-order valence-corrected chi connectivity index (χ1v) is 2.85. The minimum absolute atomic E-state index is 0.268. The second kappa shape index (κ2) is 2.39. The average molecular weight is 153 g/mol. The molecule has 2 nitrogen and oxygen atoms in total. The molecule has 1 fully saturated rings. The molecule has 1 rings (SSSR count). The summed E-state index contributed by atoms with van der Waals surface area (Å²) < 4.78 is 35.4. The molecule has 10 heavy (non-hydrogen) atoms. The maximum absolute atomic E-state index is 11.8. The Morgan fingerprint density at radius 3 is 2.40 bits per heavy atom. The van der Waals surface area contributed by atoms with E-state index in [4.69, 9.17) is 0 Å². The molecule has 1 saturated heterocycles. The average Bonchev–Trinajstić information content (AvgIpc) is 2.11. The van der Waals surface area contributed by atoms with Crippen LogP contribution in [0.1, 0.15) is 0 Å². The van der Waals surface area contributed by atoms with E-state index in [2.05, 4.69) is 5.32 Å². The molecule has 0 bridgehead atoms. The second-order valence-electron chi connectivity index (χ2n) is 2.29. The van der Waals surface area contributed by atoms with Gasteiger partial charge in [0, 0.05) is 6.67 Å². The van der Waals surface area contributed by atoms with Crippen molar-refractivity contribution in [3.8, 4) is 0 Å². The fourth-order valence-electron chi connectivity index (χ4n) is 0.802. The van der Waals surface area contributed by atoms with Crippen molar-refractivity contribution in [1.82, 2.24) is 10.2 Å². The van der Waals surface area contributed by atoms with Crippen molar-refractivity contribution < 1.29 is 13.2 Å². The van der Waals surface area contributed by atoms with Crippen molar-refractivity contribution >= 4 is 0 Å². The van der Waals surface area contributed by atoms with E-state index in [-0.39, 0.29) is 6.67 Å². The predicted molar refractivity (Wildman–Crippen MR) is 29.9 cm³/mol. The maximum Gasteiger partial charge on any atom is 0.405 e. The largest absolute Gasteiger partial charge is 0.405 e. The van der Waals surface area contributed by atoms with Crippen LogP contribution in [-0.2, 0) is 0 Å². The molecule has 1 radical (unpaired) electrons. The highest BCUT2D eigenvalue weighted by Crippen LogP contribution is 2.24. The number of halogens is 3. The van der Waals surface area contributed by atoms with Crippen LogP contribution < -0.4 is 5.32 Å². The number of hydrogen-bond acceptors (Lipinski definition) is 2. The standard InChI is InChI=1S/C5H8F3N2/c1-10-2-4(9-3-10)5(6,7)8/h2,4,9H,3H2,1H3. The molecule has 0 spiro atoms. The van der Waals surface area contributed by atoms with Gasteiger partial charge in [0.15, 0.2) is 0 Å². The molecule has 1 N–H and O–H groups in total. The lowest BCUT2D eigenvalue weighted by molar-refractivity contribution is -0.145. The first kappa shape index (κ1) is 7.81. The molecule has 1 heterocycles. The Kier molecular flexibility index (Phi) is 1.87. The van der Waals surface area contributed by atoms with E-state index >= 15 is 0 Å². The van der Waals surface area contributed by atoms with Gasteiger partial charge in [-0.05, 0) is 7.05 Å². The van der Waals surface area contributed by atoms with Crippen molar-refractivity contribution in [1.29, 1.82) is 0 Å². The van der Waals surface area contributed by atoms with Gasteiger partial charge in [0.05, 0.1) is 6.54 Å². The molecule has 0 aliphatic carbocycles. The molecule has 5 heteroatoms. The fraction of sp³-hybridized carbons (Fsp3) is 0.800. The van der Waals surface area contributed by atoms with Crippen molar-refractivity contribution in [3.63, 3.8) is 0 Å². The van der Waals surface area contributed by atoms with Crippen LogP contribution in [-0.4, -0.2) is 30.8 Å². The van der Waals surface area contributed by atoms with E-state index in [9.17, 15) is 13.2 Å². The summed E-state index contributed by atoms with van der Waals surface area (Å²) in [6, 6.07) is -1.46. The zero-order valence-corrected chi connectivity index (χ0v) is 5.44. The van der Waals surface area contributed by atoms with Gasteiger partial charge in [-0.2, -0.15) is 13.2 Å². The van der Waals surface area contributed by atoms with E-state index in [1.807, 2.05) is 0 Å². The Morgan fingerprint density at radius 2 is 2.20 bits per heavy atom. The van der Waals surface area contributed by atoms with Crippen molar-refractivity contribution in [2.24, 2.45) is 0 Å². The molecule has 1 atom stereocenters. The summed E-state index contributed by atoms with van der Waals surface area (Å²) in [5.74, 6) is 0. The van der Waals surface area contributed by atoms with Crippen LogP contribution >= 0.6 is 0 Å². The number of nitrogens with zero attached hydrogens (tertiary/aromatic N) is 1.